The van der Waals surface area contributed by atoms with Crippen LogP contribution in [-0.2, 0) is 11.2 Å². The van der Waals surface area contributed by atoms with Crippen LogP contribution in [0.4, 0.5) is 0 Å². The Hall–Kier alpha value is -2.44. The van der Waals surface area contributed by atoms with Gasteiger partial charge in [0, 0.05) is 24.0 Å². The number of likely N-dealkylation sites (tertiary alicyclic amines) is 1. The van der Waals surface area contributed by atoms with Gasteiger partial charge in [0.2, 0.25) is 5.91 Å². The van der Waals surface area contributed by atoms with Gasteiger partial charge in [0.25, 0.3) is 0 Å². The summed E-state index contributed by atoms with van der Waals surface area (Å²) in [4.78, 5) is 19.1. The summed E-state index contributed by atoms with van der Waals surface area (Å²) in [5.74, 6) is 2.16. The maximum Gasteiger partial charge on any atom is 0.226 e. The van der Waals surface area contributed by atoms with E-state index in [1.807, 2.05) is 44.3 Å². The molecule has 4 rings (SSSR count). The minimum atomic E-state index is 0.0435. The van der Waals surface area contributed by atoms with Gasteiger partial charge >= 0.3 is 0 Å². The van der Waals surface area contributed by atoms with Crippen molar-refractivity contribution in [2.45, 2.75) is 46.0 Å². The second-order valence-electron chi connectivity index (χ2n) is 9.31. The van der Waals surface area contributed by atoms with Crippen molar-refractivity contribution in [3.05, 3.63) is 48.3 Å². The normalized spacial score (nSPS) is 19.1. The van der Waals surface area contributed by atoms with Gasteiger partial charge in [-0.3, -0.25) is 9.78 Å². The predicted octanol–water partition coefficient (Wildman–Crippen LogP) is 4.15. The molecule has 0 radical (unpaired) electrons. The molecule has 2 fully saturated rings. The zero-order chi connectivity index (χ0) is 24.2. The van der Waals surface area contributed by atoms with E-state index in [9.17, 15) is 4.79 Å². The highest BCUT2D eigenvalue weighted by molar-refractivity contribution is 5.78. The molecule has 0 spiro atoms. The summed E-state index contributed by atoms with van der Waals surface area (Å²) in [6, 6.07) is 12.2. The Bertz CT molecular complexity index is 840. The van der Waals surface area contributed by atoms with Crippen molar-refractivity contribution in [1.29, 1.82) is 0 Å². The number of hydrogen-bond donors (Lipinski definition) is 2. The molecular weight excluding hydrogens is 424 g/mol. The van der Waals surface area contributed by atoms with E-state index in [1.54, 1.807) is 0 Å². The highest BCUT2D eigenvalue weighted by Gasteiger charge is 2.17. The monoisotopic (exact) mass is 466 g/mol. The lowest BCUT2D eigenvalue weighted by Crippen LogP contribution is -2.38. The van der Waals surface area contributed by atoms with E-state index in [2.05, 4.69) is 39.7 Å². The molecule has 1 aromatic heterocycles. The van der Waals surface area contributed by atoms with Crippen molar-refractivity contribution in [2.24, 2.45) is 11.8 Å². The van der Waals surface area contributed by atoms with E-state index >= 15 is 0 Å². The molecule has 0 aliphatic carbocycles. The number of pyridine rings is 1. The molecule has 34 heavy (non-hydrogen) atoms. The van der Waals surface area contributed by atoms with Crippen LogP contribution in [-0.4, -0.2) is 62.2 Å². The van der Waals surface area contributed by atoms with E-state index in [-0.39, 0.29) is 5.91 Å². The van der Waals surface area contributed by atoms with Crippen LogP contribution in [0.25, 0.3) is 11.1 Å². The standard InChI is InChI=1S/C26H36N4O2.C2H6/c1-30-13-10-20(11-14-30)19-32-25-8-5-22(6-9-25)23-4-7-24(28-18-23)15-26(31)29-17-21-3-2-12-27-16-21;1-2/h4-9,18,20-21,27H,2-3,10-17,19H2,1H3,(H,29,31);1-2H3. The second-order valence-corrected chi connectivity index (χ2v) is 9.31. The summed E-state index contributed by atoms with van der Waals surface area (Å²) in [5, 5.41) is 6.44. The van der Waals surface area contributed by atoms with Crippen LogP contribution in [0.1, 0.15) is 45.2 Å². The van der Waals surface area contributed by atoms with Gasteiger partial charge < -0.3 is 20.3 Å². The molecule has 0 bridgehead atoms. The molecule has 1 amide bonds. The molecule has 6 heteroatoms. The number of ether oxygens (including phenoxy) is 1. The van der Waals surface area contributed by atoms with Gasteiger partial charge in [-0.15, -0.1) is 0 Å². The summed E-state index contributed by atoms with van der Waals surface area (Å²) < 4.78 is 6.02. The number of aromatic nitrogens is 1. The van der Waals surface area contributed by atoms with Gasteiger partial charge in [-0.1, -0.05) is 32.0 Å². The molecule has 2 aliphatic rings. The van der Waals surface area contributed by atoms with E-state index in [0.29, 0.717) is 18.3 Å². The van der Waals surface area contributed by atoms with Gasteiger partial charge in [-0.05, 0) is 94.5 Å². The summed E-state index contributed by atoms with van der Waals surface area (Å²) >= 11 is 0. The van der Waals surface area contributed by atoms with Crippen LogP contribution in [0.5, 0.6) is 5.75 Å². The molecule has 0 saturated carbocycles. The van der Waals surface area contributed by atoms with E-state index in [1.165, 1.54) is 25.7 Å². The fourth-order valence-corrected chi connectivity index (χ4v) is 4.47. The van der Waals surface area contributed by atoms with Crippen molar-refractivity contribution in [2.75, 3.05) is 46.4 Å². The lowest BCUT2D eigenvalue weighted by Gasteiger charge is -2.28. The second kappa shape index (κ2) is 14.1. The zero-order valence-electron chi connectivity index (χ0n) is 21.2. The lowest BCUT2D eigenvalue weighted by molar-refractivity contribution is -0.120. The molecule has 2 aromatic rings. The Morgan fingerprint density at radius 3 is 2.44 bits per heavy atom. The van der Waals surface area contributed by atoms with Crippen molar-refractivity contribution < 1.29 is 9.53 Å². The molecule has 6 nitrogen and oxygen atoms in total. The van der Waals surface area contributed by atoms with Gasteiger partial charge in [-0.25, -0.2) is 0 Å². The fraction of sp³-hybridized carbons (Fsp3) is 0.571. The number of nitrogens with zero attached hydrogens (tertiary/aromatic N) is 2. The minimum absolute atomic E-state index is 0.0435. The molecule has 1 atom stereocenters. The number of rotatable bonds is 8. The van der Waals surface area contributed by atoms with Gasteiger partial charge in [-0.2, -0.15) is 0 Å². The first-order chi connectivity index (χ1) is 16.7. The zero-order valence-corrected chi connectivity index (χ0v) is 21.2. The SMILES string of the molecule is CC.CN1CCC(COc2ccc(-c3ccc(CC(=O)NCC4CCCNC4)nc3)cc2)CC1. The van der Waals surface area contributed by atoms with Gasteiger partial charge in [0.15, 0.2) is 0 Å². The van der Waals surface area contributed by atoms with Crippen LogP contribution in [0, 0.1) is 11.8 Å². The molecule has 1 unspecified atom stereocenters. The van der Waals surface area contributed by atoms with E-state index in [0.717, 1.165) is 61.9 Å². The Kier molecular flexibility index (Phi) is 10.8. The quantitative estimate of drug-likeness (QED) is 0.612. The Morgan fingerprint density at radius 1 is 1.06 bits per heavy atom. The first-order valence-electron chi connectivity index (χ1n) is 13.0. The highest BCUT2D eigenvalue weighted by Crippen LogP contribution is 2.23. The number of carbonyl (C=O) groups excluding carboxylic acids is 1. The van der Waals surface area contributed by atoms with Crippen molar-refractivity contribution in [3.8, 4) is 16.9 Å². The smallest absolute Gasteiger partial charge is 0.226 e. The van der Waals surface area contributed by atoms with E-state index in [4.69, 9.17) is 4.74 Å². The molecule has 186 valence electrons. The third-order valence-electron chi connectivity index (χ3n) is 6.66. The van der Waals surface area contributed by atoms with Crippen LogP contribution in [0.3, 0.4) is 0 Å². The summed E-state index contributed by atoms with van der Waals surface area (Å²) in [5.41, 5.74) is 2.94. The number of benzene rings is 1. The third-order valence-corrected chi connectivity index (χ3v) is 6.66. The van der Waals surface area contributed by atoms with E-state index < -0.39 is 0 Å². The number of hydrogen-bond acceptors (Lipinski definition) is 5. The molecule has 2 N–H and O–H groups in total. The Morgan fingerprint density at radius 2 is 1.79 bits per heavy atom. The molecule has 1 aromatic carbocycles. The average Bonchev–Trinajstić information content (AvgIpc) is 2.90. The van der Waals surface area contributed by atoms with Crippen LogP contribution in [0.15, 0.2) is 42.6 Å². The average molecular weight is 467 g/mol. The van der Waals surface area contributed by atoms with Crippen LogP contribution >= 0.6 is 0 Å². The fourth-order valence-electron chi connectivity index (χ4n) is 4.47. The maximum atomic E-state index is 12.3. The topological polar surface area (TPSA) is 66.5 Å². The largest absolute Gasteiger partial charge is 0.493 e. The highest BCUT2D eigenvalue weighted by atomic mass is 16.5. The molecule has 2 saturated heterocycles. The minimum Gasteiger partial charge on any atom is -0.493 e. The predicted molar refractivity (Wildman–Crippen MR) is 139 cm³/mol. The summed E-state index contributed by atoms with van der Waals surface area (Å²) in [7, 11) is 2.18. The maximum absolute atomic E-state index is 12.3. The van der Waals surface area contributed by atoms with Crippen molar-refractivity contribution in [1.82, 2.24) is 20.5 Å². The van der Waals surface area contributed by atoms with Crippen LogP contribution < -0.4 is 15.4 Å². The first kappa shape index (κ1) is 26.2. The lowest BCUT2D eigenvalue weighted by atomic mass is 9.98. The third kappa shape index (κ3) is 8.41. The Balaban J connectivity index is 0.00000158. The Labute approximate surface area is 205 Å². The molecule has 2 aliphatic heterocycles. The van der Waals surface area contributed by atoms with Crippen LogP contribution in [0.2, 0.25) is 0 Å². The van der Waals surface area contributed by atoms with Crippen molar-refractivity contribution >= 4 is 5.91 Å². The van der Waals surface area contributed by atoms with Gasteiger partial charge in [0.05, 0.1) is 13.0 Å². The number of nitrogens with one attached hydrogen (secondary N) is 2. The number of amides is 1. The first-order valence-corrected chi connectivity index (χ1v) is 13.0. The van der Waals surface area contributed by atoms with Crippen molar-refractivity contribution in [3.63, 3.8) is 0 Å². The summed E-state index contributed by atoms with van der Waals surface area (Å²) in [6.07, 6.45) is 6.97. The number of piperidine rings is 2. The van der Waals surface area contributed by atoms with Gasteiger partial charge in [0.1, 0.15) is 5.75 Å². The summed E-state index contributed by atoms with van der Waals surface area (Å²) in [6.45, 7) is 9.95. The molecule has 3 heterocycles. The molecular formula is C28H42N4O2. The number of carbonyl (C=O) groups is 1.